The zero-order valence-corrected chi connectivity index (χ0v) is 19.7. The average Bonchev–Trinajstić information content (AvgIpc) is 3.53. The molecule has 2 aromatic rings. The highest BCUT2D eigenvalue weighted by Crippen LogP contribution is 2.20. The van der Waals surface area contributed by atoms with Crippen LogP contribution in [0.4, 0.5) is 4.79 Å². The largest absolute Gasteiger partial charge is 0.435 e. The molecule has 4 N–H and O–H groups in total. The molecule has 4 amide bonds. The minimum atomic E-state index is -0.482. The first-order valence-corrected chi connectivity index (χ1v) is 11.4. The minimum Gasteiger partial charge on any atom is -0.435 e. The van der Waals surface area contributed by atoms with E-state index in [0.29, 0.717) is 23.9 Å². The Hall–Kier alpha value is -3.36. The molecule has 1 aromatic carbocycles. The summed E-state index contributed by atoms with van der Waals surface area (Å²) < 4.78 is 5.52. The Labute approximate surface area is 194 Å². The van der Waals surface area contributed by atoms with Gasteiger partial charge in [0.2, 0.25) is 11.7 Å². The molecule has 1 heterocycles. The highest BCUT2D eigenvalue weighted by atomic mass is 16.4. The fourth-order valence-electron chi connectivity index (χ4n) is 3.32. The van der Waals surface area contributed by atoms with E-state index in [1.165, 1.54) is 5.56 Å². The van der Waals surface area contributed by atoms with E-state index in [-0.39, 0.29) is 42.7 Å². The van der Waals surface area contributed by atoms with Gasteiger partial charge >= 0.3 is 6.03 Å². The van der Waals surface area contributed by atoms with Crippen LogP contribution in [0, 0.1) is 6.92 Å². The number of hydrogen-bond acceptors (Lipinski definition) is 5. The van der Waals surface area contributed by atoms with Crippen LogP contribution in [0.15, 0.2) is 28.7 Å². The Kier molecular flexibility index (Phi) is 8.08. The number of amides is 4. The molecular formula is C24H33N5O4. The van der Waals surface area contributed by atoms with Crippen molar-refractivity contribution in [3.8, 4) is 0 Å². The van der Waals surface area contributed by atoms with Crippen LogP contribution in [0.2, 0.25) is 0 Å². The number of nitrogens with one attached hydrogen (secondary N) is 4. The van der Waals surface area contributed by atoms with E-state index in [1.807, 2.05) is 31.2 Å². The highest BCUT2D eigenvalue weighted by Gasteiger charge is 2.24. The molecule has 178 valence electrons. The maximum Gasteiger partial charge on any atom is 0.315 e. The van der Waals surface area contributed by atoms with Crippen molar-refractivity contribution in [2.24, 2.45) is 0 Å². The number of aryl methyl sites for hydroxylation is 2. The Morgan fingerprint density at radius 2 is 1.76 bits per heavy atom. The number of rotatable bonds is 10. The van der Waals surface area contributed by atoms with Gasteiger partial charge in [0.1, 0.15) is 0 Å². The van der Waals surface area contributed by atoms with E-state index in [1.54, 1.807) is 6.92 Å². The van der Waals surface area contributed by atoms with Gasteiger partial charge < -0.3 is 25.7 Å². The zero-order valence-electron chi connectivity index (χ0n) is 19.7. The van der Waals surface area contributed by atoms with E-state index in [9.17, 15) is 14.4 Å². The number of urea groups is 1. The number of benzene rings is 1. The molecule has 0 spiro atoms. The van der Waals surface area contributed by atoms with Gasteiger partial charge in [-0.3, -0.25) is 9.59 Å². The number of aromatic nitrogens is 1. The molecule has 0 radical (unpaired) electrons. The predicted molar refractivity (Wildman–Crippen MR) is 124 cm³/mol. The molecule has 1 aromatic heterocycles. The highest BCUT2D eigenvalue weighted by molar-refractivity contribution is 5.92. The second kappa shape index (κ2) is 11.0. The Morgan fingerprint density at radius 3 is 2.33 bits per heavy atom. The van der Waals surface area contributed by atoms with Gasteiger partial charge in [0.05, 0.1) is 18.3 Å². The first-order valence-electron chi connectivity index (χ1n) is 11.4. The third-order valence-corrected chi connectivity index (χ3v) is 5.48. The molecule has 1 aliphatic carbocycles. The summed E-state index contributed by atoms with van der Waals surface area (Å²) in [6.07, 6.45) is 2.53. The van der Waals surface area contributed by atoms with E-state index in [0.717, 1.165) is 18.4 Å². The lowest BCUT2D eigenvalue weighted by molar-refractivity contribution is -0.120. The van der Waals surface area contributed by atoms with Gasteiger partial charge in [-0.05, 0) is 36.8 Å². The Balaban J connectivity index is 1.64. The lowest BCUT2D eigenvalue weighted by Gasteiger charge is -2.21. The third kappa shape index (κ3) is 7.06. The van der Waals surface area contributed by atoms with E-state index in [4.69, 9.17) is 4.42 Å². The van der Waals surface area contributed by atoms with Crippen molar-refractivity contribution in [1.29, 1.82) is 0 Å². The summed E-state index contributed by atoms with van der Waals surface area (Å²) >= 11 is 0. The molecule has 0 bridgehead atoms. The smallest absolute Gasteiger partial charge is 0.315 e. The zero-order chi connectivity index (χ0) is 24.0. The van der Waals surface area contributed by atoms with Crippen molar-refractivity contribution in [3.05, 3.63) is 52.7 Å². The average molecular weight is 456 g/mol. The first-order chi connectivity index (χ1) is 15.8. The molecule has 1 atom stereocenters. The van der Waals surface area contributed by atoms with Gasteiger partial charge in [-0.2, -0.15) is 0 Å². The summed E-state index contributed by atoms with van der Waals surface area (Å²) in [5, 5.41) is 11.1. The van der Waals surface area contributed by atoms with Gasteiger partial charge in [0.25, 0.3) is 5.91 Å². The van der Waals surface area contributed by atoms with Gasteiger partial charge in [-0.1, -0.05) is 45.0 Å². The Morgan fingerprint density at radius 1 is 1.09 bits per heavy atom. The first kappa shape index (κ1) is 24.3. The van der Waals surface area contributed by atoms with Crippen LogP contribution in [0.3, 0.4) is 0 Å². The molecule has 1 unspecified atom stereocenters. The topological polar surface area (TPSA) is 125 Å². The molecule has 0 aliphatic heterocycles. The fourth-order valence-corrected chi connectivity index (χ4v) is 3.32. The Bertz CT molecular complexity index is 979. The molecule has 33 heavy (non-hydrogen) atoms. The second-order valence-electron chi connectivity index (χ2n) is 8.63. The lowest BCUT2D eigenvalue weighted by atomic mass is 9.99. The predicted octanol–water partition coefficient (Wildman–Crippen LogP) is 2.72. The summed E-state index contributed by atoms with van der Waals surface area (Å²) in [6.45, 7) is 7.84. The molecule has 9 heteroatoms. The van der Waals surface area contributed by atoms with Crippen molar-refractivity contribution in [2.45, 2.75) is 65.0 Å². The quantitative estimate of drug-likeness (QED) is 0.438. The summed E-state index contributed by atoms with van der Waals surface area (Å²) in [6, 6.07) is 7.27. The van der Waals surface area contributed by atoms with Crippen LogP contribution in [0.5, 0.6) is 0 Å². The van der Waals surface area contributed by atoms with Crippen molar-refractivity contribution in [2.75, 3.05) is 13.1 Å². The van der Waals surface area contributed by atoms with Gasteiger partial charge in [-0.25, -0.2) is 9.78 Å². The number of hydrogen-bond donors (Lipinski definition) is 4. The standard InChI is InChI=1S/C24H33N5O4/c1-5-21-27-15(4)22(33-21)23(31)25-12-19(17-8-6-16(7-9-17)14(2)3)29-20(30)13-26-24(32)28-18-10-11-18/h6-9,14,18-19H,5,10-13H2,1-4H3,(H,25,31)(H,29,30)(H2,26,28,32). The summed E-state index contributed by atoms with van der Waals surface area (Å²) in [5.74, 6) is 0.313. The number of nitrogens with zero attached hydrogens (tertiary/aromatic N) is 1. The van der Waals surface area contributed by atoms with Gasteiger partial charge in [-0.15, -0.1) is 0 Å². The fraction of sp³-hybridized carbons (Fsp3) is 0.500. The number of oxazole rings is 1. The van der Waals surface area contributed by atoms with Crippen molar-refractivity contribution in [1.82, 2.24) is 26.3 Å². The van der Waals surface area contributed by atoms with Crippen molar-refractivity contribution in [3.63, 3.8) is 0 Å². The third-order valence-electron chi connectivity index (χ3n) is 5.48. The van der Waals surface area contributed by atoms with E-state index >= 15 is 0 Å². The van der Waals surface area contributed by atoms with Crippen LogP contribution >= 0.6 is 0 Å². The van der Waals surface area contributed by atoms with E-state index in [2.05, 4.69) is 40.1 Å². The van der Waals surface area contributed by atoms with Crippen molar-refractivity contribution < 1.29 is 18.8 Å². The maximum absolute atomic E-state index is 12.7. The molecule has 1 aliphatic rings. The van der Waals surface area contributed by atoms with Gasteiger partial charge in [0.15, 0.2) is 5.89 Å². The number of carbonyl (C=O) groups excluding carboxylic acids is 3. The molecule has 1 fully saturated rings. The second-order valence-corrected chi connectivity index (χ2v) is 8.63. The van der Waals surface area contributed by atoms with E-state index < -0.39 is 6.04 Å². The summed E-state index contributed by atoms with van der Waals surface area (Å²) in [7, 11) is 0. The normalized spacial score (nSPS) is 14.0. The lowest BCUT2D eigenvalue weighted by Crippen LogP contribution is -2.45. The monoisotopic (exact) mass is 455 g/mol. The molecule has 9 nitrogen and oxygen atoms in total. The van der Waals surface area contributed by atoms with Crippen molar-refractivity contribution >= 4 is 17.8 Å². The molecular weight excluding hydrogens is 422 g/mol. The summed E-state index contributed by atoms with van der Waals surface area (Å²) in [5.41, 5.74) is 2.55. The molecule has 1 saturated carbocycles. The molecule has 0 saturated heterocycles. The van der Waals surface area contributed by atoms with Crippen LogP contribution in [-0.2, 0) is 11.2 Å². The minimum absolute atomic E-state index is 0.154. The van der Waals surface area contributed by atoms with Crippen LogP contribution in [0.25, 0.3) is 0 Å². The maximum atomic E-state index is 12.7. The van der Waals surface area contributed by atoms with Crippen LogP contribution in [-0.4, -0.2) is 42.0 Å². The molecule has 3 rings (SSSR count). The van der Waals surface area contributed by atoms with Crippen LogP contribution in [0.1, 0.15) is 78.8 Å². The summed E-state index contributed by atoms with van der Waals surface area (Å²) in [4.78, 5) is 41.2. The van der Waals surface area contributed by atoms with Crippen LogP contribution < -0.4 is 21.3 Å². The SMILES string of the molecule is CCc1nc(C)c(C(=O)NCC(NC(=O)CNC(=O)NC2CC2)c2ccc(C(C)C)cc2)o1. The number of carbonyl (C=O) groups is 3. The van der Waals surface area contributed by atoms with Gasteiger partial charge in [0, 0.05) is 19.0 Å².